The second kappa shape index (κ2) is 3.08. The van der Waals surface area contributed by atoms with Gasteiger partial charge in [0.05, 0.1) is 5.69 Å². The number of aryl methyl sites for hydroxylation is 1. The van der Waals surface area contributed by atoms with Crippen LogP contribution in [0.4, 0.5) is 18.9 Å². The summed E-state index contributed by atoms with van der Waals surface area (Å²) in [6.07, 6.45) is -2.66. The Kier molecular flexibility index (Phi) is 2.30. The molecule has 1 heterocycles. The SMILES string of the molecule is Cc1cc(NCC(F)(F)F)c[nH]1. The summed E-state index contributed by atoms with van der Waals surface area (Å²) in [4.78, 5) is 2.78. The lowest BCUT2D eigenvalue weighted by Crippen LogP contribution is -2.20. The second-order valence-corrected chi connectivity index (χ2v) is 2.54. The predicted octanol–water partition coefficient (Wildman–Crippen LogP) is 2.30. The molecule has 0 aromatic carbocycles. The van der Waals surface area contributed by atoms with E-state index in [4.69, 9.17) is 0 Å². The molecule has 0 atom stereocenters. The molecule has 2 N–H and O–H groups in total. The van der Waals surface area contributed by atoms with E-state index in [1.807, 2.05) is 0 Å². The molecule has 0 saturated heterocycles. The normalized spacial score (nSPS) is 11.7. The maximum absolute atomic E-state index is 11.7. The fourth-order valence-electron chi connectivity index (χ4n) is 0.813. The van der Waals surface area contributed by atoms with Crippen molar-refractivity contribution in [3.8, 4) is 0 Å². The van der Waals surface area contributed by atoms with Crippen LogP contribution in [0.2, 0.25) is 0 Å². The molecule has 0 aliphatic heterocycles. The van der Waals surface area contributed by atoms with E-state index in [1.165, 1.54) is 6.20 Å². The summed E-state index contributed by atoms with van der Waals surface area (Å²) in [6.45, 7) is 0.781. The van der Waals surface area contributed by atoms with Crippen LogP contribution in [0.15, 0.2) is 12.3 Å². The molecule has 2 nitrogen and oxygen atoms in total. The van der Waals surface area contributed by atoms with Gasteiger partial charge in [-0.3, -0.25) is 0 Å². The Labute approximate surface area is 67.8 Å². The van der Waals surface area contributed by atoms with Gasteiger partial charge in [-0.05, 0) is 13.0 Å². The zero-order valence-corrected chi connectivity index (χ0v) is 6.50. The Balaban J connectivity index is 2.44. The molecule has 0 bridgehead atoms. The molecule has 1 rings (SSSR count). The van der Waals surface area contributed by atoms with E-state index in [-0.39, 0.29) is 0 Å². The molecule has 12 heavy (non-hydrogen) atoms. The summed E-state index contributed by atoms with van der Waals surface area (Å²) >= 11 is 0. The summed E-state index contributed by atoms with van der Waals surface area (Å²) in [6, 6.07) is 1.62. The highest BCUT2D eigenvalue weighted by Crippen LogP contribution is 2.16. The number of halogens is 3. The van der Waals surface area contributed by atoms with Crippen LogP contribution in [0, 0.1) is 6.92 Å². The number of hydrogen-bond donors (Lipinski definition) is 2. The van der Waals surface area contributed by atoms with Crippen molar-refractivity contribution < 1.29 is 13.2 Å². The Hall–Kier alpha value is -1.13. The standard InChI is InChI=1S/C7H9F3N2/c1-5-2-6(3-11-5)12-4-7(8,9)10/h2-3,11-12H,4H2,1H3. The van der Waals surface area contributed by atoms with Crippen LogP contribution in [-0.2, 0) is 0 Å². The largest absolute Gasteiger partial charge is 0.405 e. The fourth-order valence-corrected chi connectivity index (χ4v) is 0.813. The first-order chi connectivity index (χ1) is 5.47. The first-order valence-corrected chi connectivity index (χ1v) is 3.43. The lowest BCUT2D eigenvalue weighted by atomic mass is 10.4. The summed E-state index contributed by atoms with van der Waals surface area (Å²) in [7, 11) is 0. The fraction of sp³-hybridized carbons (Fsp3) is 0.429. The molecule has 0 aliphatic rings. The molecule has 0 unspecified atom stereocenters. The van der Waals surface area contributed by atoms with Gasteiger partial charge in [-0.1, -0.05) is 0 Å². The van der Waals surface area contributed by atoms with Crippen molar-refractivity contribution >= 4 is 5.69 Å². The van der Waals surface area contributed by atoms with Gasteiger partial charge in [0.1, 0.15) is 6.54 Å². The molecule has 0 spiro atoms. The molecule has 0 saturated carbocycles. The third-order valence-electron chi connectivity index (χ3n) is 1.32. The van der Waals surface area contributed by atoms with Crippen LogP contribution in [0.1, 0.15) is 5.69 Å². The van der Waals surface area contributed by atoms with Gasteiger partial charge in [0.2, 0.25) is 0 Å². The van der Waals surface area contributed by atoms with Crippen LogP contribution in [0.5, 0.6) is 0 Å². The van der Waals surface area contributed by atoms with Gasteiger partial charge < -0.3 is 10.3 Å². The van der Waals surface area contributed by atoms with Crippen molar-refractivity contribution in [2.45, 2.75) is 13.1 Å². The molecule has 0 amide bonds. The monoisotopic (exact) mass is 178 g/mol. The van der Waals surface area contributed by atoms with Crippen molar-refractivity contribution in [2.24, 2.45) is 0 Å². The van der Waals surface area contributed by atoms with Gasteiger partial charge in [0.25, 0.3) is 0 Å². The molecule has 68 valence electrons. The Morgan fingerprint density at radius 1 is 1.50 bits per heavy atom. The highest BCUT2D eigenvalue weighted by atomic mass is 19.4. The van der Waals surface area contributed by atoms with E-state index in [1.54, 1.807) is 13.0 Å². The number of anilines is 1. The van der Waals surface area contributed by atoms with Gasteiger partial charge in [-0.2, -0.15) is 13.2 Å². The van der Waals surface area contributed by atoms with Crippen LogP contribution in [0.25, 0.3) is 0 Å². The second-order valence-electron chi connectivity index (χ2n) is 2.54. The number of hydrogen-bond acceptors (Lipinski definition) is 1. The van der Waals surface area contributed by atoms with Gasteiger partial charge in [-0.25, -0.2) is 0 Å². The number of H-pyrrole nitrogens is 1. The van der Waals surface area contributed by atoms with Gasteiger partial charge in [-0.15, -0.1) is 0 Å². The van der Waals surface area contributed by atoms with E-state index >= 15 is 0 Å². The van der Waals surface area contributed by atoms with Gasteiger partial charge >= 0.3 is 6.18 Å². The molecule has 1 aromatic rings. The minimum absolute atomic E-state index is 0.463. The lowest BCUT2D eigenvalue weighted by molar-refractivity contribution is -0.115. The van der Waals surface area contributed by atoms with Crippen LogP contribution in [-0.4, -0.2) is 17.7 Å². The molecular weight excluding hydrogens is 169 g/mol. The van der Waals surface area contributed by atoms with E-state index in [2.05, 4.69) is 10.3 Å². The first kappa shape index (κ1) is 8.96. The van der Waals surface area contributed by atoms with Crippen molar-refractivity contribution in [2.75, 3.05) is 11.9 Å². The molecule has 1 aromatic heterocycles. The van der Waals surface area contributed by atoms with E-state index in [0.29, 0.717) is 5.69 Å². The average Bonchev–Trinajstić information content (AvgIpc) is 2.30. The molecule has 0 radical (unpaired) electrons. The molecular formula is C7H9F3N2. The van der Waals surface area contributed by atoms with Crippen LogP contribution in [0.3, 0.4) is 0 Å². The minimum Gasteiger partial charge on any atom is -0.375 e. The Morgan fingerprint density at radius 3 is 2.58 bits per heavy atom. The highest BCUT2D eigenvalue weighted by Gasteiger charge is 2.26. The maximum atomic E-state index is 11.7. The van der Waals surface area contributed by atoms with E-state index in [9.17, 15) is 13.2 Å². The van der Waals surface area contributed by atoms with Crippen molar-refractivity contribution in [3.63, 3.8) is 0 Å². The van der Waals surface area contributed by atoms with Crippen molar-refractivity contribution in [1.29, 1.82) is 0 Å². The smallest absolute Gasteiger partial charge is 0.375 e. The Bertz CT molecular complexity index is 251. The molecule has 5 heteroatoms. The summed E-state index contributed by atoms with van der Waals surface area (Å²) in [5.74, 6) is 0. The summed E-state index contributed by atoms with van der Waals surface area (Å²) in [5, 5.41) is 2.25. The van der Waals surface area contributed by atoms with E-state index in [0.717, 1.165) is 5.69 Å². The number of nitrogens with one attached hydrogen (secondary N) is 2. The number of rotatable bonds is 2. The van der Waals surface area contributed by atoms with Gasteiger partial charge in [0.15, 0.2) is 0 Å². The van der Waals surface area contributed by atoms with Crippen LogP contribution >= 0.6 is 0 Å². The Morgan fingerprint density at radius 2 is 2.17 bits per heavy atom. The van der Waals surface area contributed by atoms with Crippen molar-refractivity contribution in [3.05, 3.63) is 18.0 Å². The summed E-state index contributed by atoms with van der Waals surface area (Å²) < 4.78 is 35.0. The topological polar surface area (TPSA) is 27.8 Å². The van der Waals surface area contributed by atoms with E-state index < -0.39 is 12.7 Å². The highest BCUT2D eigenvalue weighted by molar-refractivity contribution is 5.43. The molecule has 0 aliphatic carbocycles. The number of alkyl halides is 3. The average molecular weight is 178 g/mol. The van der Waals surface area contributed by atoms with Crippen LogP contribution < -0.4 is 5.32 Å². The zero-order chi connectivity index (χ0) is 9.19. The molecule has 0 fully saturated rings. The zero-order valence-electron chi connectivity index (χ0n) is 6.50. The number of aromatic amines is 1. The maximum Gasteiger partial charge on any atom is 0.405 e. The minimum atomic E-state index is -4.16. The van der Waals surface area contributed by atoms with Gasteiger partial charge in [0, 0.05) is 11.9 Å². The summed E-state index contributed by atoms with van der Waals surface area (Å²) in [5.41, 5.74) is 1.30. The first-order valence-electron chi connectivity index (χ1n) is 3.43. The lowest BCUT2D eigenvalue weighted by Gasteiger charge is -2.06. The number of aromatic nitrogens is 1. The quantitative estimate of drug-likeness (QED) is 0.714. The third-order valence-corrected chi connectivity index (χ3v) is 1.32. The third kappa shape index (κ3) is 2.86. The predicted molar refractivity (Wildman–Crippen MR) is 40.1 cm³/mol. The van der Waals surface area contributed by atoms with Crippen molar-refractivity contribution in [1.82, 2.24) is 4.98 Å².